The fourth-order valence-electron chi connectivity index (χ4n) is 1.81. The van der Waals surface area contributed by atoms with Gasteiger partial charge in [-0.3, -0.25) is 0 Å². The van der Waals surface area contributed by atoms with Crippen molar-refractivity contribution in [1.82, 2.24) is 0 Å². The fourth-order valence-corrected chi connectivity index (χ4v) is 2.35. The fraction of sp³-hybridized carbons (Fsp3) is 0.143. The van der Waals surface area contributed by atoms with Crippen LogP contribution in [0.1, 0.15) is 16.7 Å². The maximum Gasteiger partial charge on any atom is 0.335 e. The normalized spacial score (nSPS) is 12.2. The maximum absolute atomic E-state index is 8.95. The Kier molecular flexibility index (Phi) is 4.60. The van der Waals surface area contributed by atoms with E-state index in [9.17, 15) is 0 Å². The van der Waals surface area contributed by atoms with E-state index in [-0.39, 0.29) is 0 Å². The molecule has 18 heavy (non-hydrogen) atoms. The summed E-state index contributed by atoms with van der Waals surface area (Å²) in [5.74, 6) is 0.589. The molecule has 0 aliphatic rings. The molecular formula is C14H14ClO2P. The Morgan fingerprint density at radius 1 is 1.11 bits per heavy atom. The number of benzene rings is 2. The minimum Gasteiger partial charge on any atom is -0.436 e. The number of hydrogen-bond acceptors (Lipinski definition) is 2. The van der Waals surface area contributed by atoms with Gasteiger partial charge in [-0.25, -0.2) is 0 Å². The van der Waals surface area contributed by atoms with Crippen LogP contribution in [0.25, 0.3) is 0 Å². The van der Waals surface area contributed by atoms with Crippen molar-refractivity contribution in [3.8, 4) is 5.75 Å². The van der Waals surface area contributed by atoms with E-state index in [4.69, 9.17) is 20.7 Å². The Hall–Kier alpha value is -1.08. The summed E-state index contributed by atoms with van der Waals surface area (Å²) in [4.78, 5) is 8.95. The molecule has 2 rings (SSSR count). The minimum atomic E-state index is -1.87. The molecule has 0 aliphatic heterocycles. The van der Waals surface area contributed by atoms with Gasteiger partial charge in [0.15, 0.2) is 0 Å². The molecule has 0 aliphatic carbocycles. The third-order valence-electron chi connectivity index (χ3n) is 2.59. The zero-order chi connectivity index (χ0) is 13.0. The molecule has 94 valence electrons. The Labute approximate surface area is 113 Å². The van der Waals surface area contributed by atoms with Crippen LogP contribution in [0.15, 0.2) is 48.5 Å². The first-order valence-electron chi connectivity index (χ1n) is 5.61. The van der Waals surface area contributed by atoms with Crippen LogP contribution in [-0.4, -0.2) is 4.89 Å². The van der Waals surface area contributed by atoms with Crippen LogP contribution in [0.4, 0.5) is 0 Å². The minimum absolute atomic E-state index is 0.589. The van der Waals surface area contributed by atoms with Crippen molar-refractivity contribution >= 4 is 19.0 Å². The molecule has 1 N–H and O–H groups in total. The second-order valence-electron chi connectivity index (χ2n) is 4.13. The van der Waals surface area contributed by atoms with E-state index in [0.29, 0.717) is 5.75 Å². The highest BCUT2D eigenvalue weighted by Gasteiger charge is 2.02. The first-order valence-corrected chi connectivity index (χ1v) is 7.72. The quantitative estimate of drug-likeness (QED) is 0.840. The van der Waals surface area contributed by atoms with Crippen molar-refractivity contribution < 1.29 is 9.42 Å². The first kappa shape index (κ1) is 13.4. The van der Waals surface area contributed by atoms with E-state index in [0.717, 1.165) is 6.42 Å². The summed E-state index contributed by atoms with van der Waals surface area (Å²) >= 11 is 5.40. The van der Waals surface area contributed by atoms with Crippen molar-refractivity contribution in [2.45, 2.75) is 13.3 Å². The predicted octanol–water partition coefficient (Wildman–Crippen LogP) is 4.42. The topological polar surface area (TPSA) is 29.5 Å². The molecule has 1 atom stereocenters. The van der Waals surface area contributed by atoms with Gasteiger partial charge in [-0.15, -0.1) is 0 Å². The van der Waals surface area contributed by atoms with E-state index in [2.05, 4.69) is 31.2 Å². The van der Waals surface area contributed by atoms with Gasteiger partial charge in [0.2, 0.25) is 0 Å². The van der Waals surface area contributed by atoms with Crippen molar-refractivity contribution in [3.05, 3.63) is 65.2 Å². The monoisotopic (exact) mass is 280 g/mol. The lowest BCUT2D eigenvalue weighted by molar-refractivity contribution is 0.506. The lowest BCUT2D eigenvalue weighted by Crippen LogP contribution is -1.89. The largest absolute Gasteiger partial charge is 0.436 e. The molecule has 0 saturated heterocycles. The van der Waals surface area contributed by atoms with Crippen molar-refractivity contribution in [3.63, 3.8) is 0 Å². The average Bonchev–Trinajstić information content (AvgIpc) is 2.31. The lowest BCUT2D eigenvalue weighted by Gasteiger charge is -2.07. The van der Waals surface area contributed by atoms with Gasteiger partial charge in [0.05, 0.1) is 0 Å². The van der Waals surface area contributed by atoms with Crippen molar-refractivity contribution in [1.29, 1.82) is 0 Å². The molecule has 0 radical (unpaired) electrons. The summed E-state index contributed by atoms with van der Waals surface area (Å²) in [5.41, 5.74) is 3.75. The lowest BCUT2D eigenvalue weighted by atomic mass is 10.0. The summed E-state index contributed by atoms with van der Waals surface area (Å²) < 4.78 is 5.02. The Morgan fingerprint density at radius 3 is 2.44 bits per heavy atom. The number of aryl methyl sites for hydroxylation is 1. The second-order valence-corrected chi connectivity index (χ2v) is 5.63. The molecule has 0 spiro atoms. The molecule has 0 heterocycles. The second kappa shape index (κ2) is 6.19. The van der Waals surface area contributed by atoms with Gasteiger partial charge in [-0.1, -0.05) is 42.0 Å². The average molecular weight is 281 g/mol. The number of halogens is 1. The maximum atomic E-state index is 8.95. The van der Waals surface area contributed by atoms with Gasteiger partial charge in [0.1, 0.15) is 5.75 Å². The molecule has 0 aromatic heterocycles. The van der Waals surface area contributed by atoms with Gasteiger partial charge in [-0.2, -0.15) is 0 Å². The van der Waals surface area contributed by atoms with Crippen LogP contribution in [0, 0.1) is 6.92 Å². The molecule has 4 heteroatoms. The third kappa shape index (κ3) is 3.99. The van der Waals surface area contributed by atoms with Gasteiger partial charge in [0.25, 0.3) is 0 Å². The van der Waals surface area contributed by atoms with Crippen LogP contribution in [0.5, 0.6) is 5.75 Å². The molecule has 2 nitrogen and oxygen atoms in total. The van der Waals surface area contributed by atoms with Gasteiger partial charge in [-0.05, 0) is 47.8 Å². The van der Waals surface area contributed by atoms with Gasteiger partial charge >= 0.3 is 7.73 Å². The molecular weight excluding hydrogens is 267 g/mol. The SMILES string of the molecule is Cc1cccc(Cc2ccc(OP(O)Cl)cc2)c1. The van der Waals surface area contributed by atoms with E-state index < -0.39 is 7.73 Å². The molecule has 2 aromatic rings. The Balaban J connectivity index is 2.06. The van der Waals surface area contributed by atoms with Crippen molar-refractivity contribution in [2.75, 3.05) is 0 Å². The summed E-state index contributed by atoms with van der Waals surface area (Å²) in [5, 5.41) is 0. The standard InChI is InChI=1S/C14H14ClO2P/c1-11-3-2-4-13(9-11)10-12-5-7-14(8-6-12)17-18(15)16/h2-9,16H,10H2,1H3. The van der Waals surface area contributed by atoms with Gasteiger partial charge < -0.3 is 9.42 Å². The smallest absolute Gasteiger partial charge is 0.335 e. The van der Waals surface area contributed by atoms with Crippen LogP contribution >= 0.6 is 19.0 Å². The van der Waals surface area contributed by atoms with Gasteiger partial charge in [0, 0.05) is 0 Å². The molecule has 0 saturated carbocycles. The molecule has 0 fully saturated rings. The van der Waals surface area contributed by atoms with E-state index >= 15 is 0 Å². The zero-order valence-corrected chi connectivity index (χ0v) is 11.7. The van der Waals surface area contributed by atoms with E-state index in [1.165, 1.54) is 16.7 Å². The molecule has 0 bridgehead atoms. The summed E-state index contributed by atoms with van der Waals surface area (Å²) in [6, 6.07) is 16.0. The molecule has 2 aromatic carbocycles. The highest BCUT2D eigenvalue weighted by molar-refractivity contribution is 7.75. The predicted molar refractivity (Wildman–Crippen MR) is 76.0 cm³/mol. The number of rotatable bonds is 4. The highest BCUT2D eigenvalue weighted by Crippen LogP contribution is 2.38. The molecule has 1 unspecified atom stereocenters. The Bertz CT molecular complexity index is 511. The van der Waals surface area contributed by atoms with Crippen LogP contribution in [-0.2, 0) is 6.42 Å². The van der Waals surface area contributed by atoms with E-state index in [1.54, 1.807) is 0 Å². The number of hydrogen-bond donors (Lipinski definition) is 1. The van der Waals surface area contributed by atoms with Crippen molar-refractivity contribution in [2.24, 2.45) is 0 Å². The Morgan fingerprint density at radius 2 is 1.83 bits per heavy atom. The third-order valence-corrected chi connectivity index (χ3v) is 3.16. The summed E-state index contributed by atoms with van der Waals surface area (Å²) in [6.45, 7) is 2.09. The van der Waals surface area contributed by atoms with E-state index in [1.807, 2.05) is 24.3 Å². The molecule has 0 amide bonds. The summed E-state index contributed by atoms with van der Waals surface area (Å²) in [7, 11) is -1.87. The summed E-state index contributed by atoms with van der Waals surface area (Å²) in [6.07, 6.45) is 0.886. The first-order chi connectivity index (χ1) is 8.63. The zero-order valence-electron chi connectivity index (χ0n) is 10.0. The van der Waals surface area contributed by atoms with Crippen LogP contribution in [0.2, 0.25) is 0 Å². The highest BCUT2D eigenvalue weighted by atomic mass is 35.7. The van der Waals surface area contributed by atoms with Crippen LogP contribution < -0.4 is 4.52 Å². The van der Waals surface area contributed by atoms with Crippen LogP contribution in [0.3, 0.4) is 0 Å².